The zero-order valence-electron chi connectivity index (χ0n) is 11.2. The van der Waals surface area contributed by atoms with Gasteiger partial charge in [-0.15, -0.1) is 0 Å². The number of rotatable bonds is 4. The maximum absolute atomic E-state index is 8.18. The molecule has 0 aromatic heterocycles. The Morgan fingerprint density at radius 3 is 2.53 bits per heavy atom. The lowest BCUT2D eigenvalue weighted by molar-refractivity contribution is 0.313. The number of hydrogen-bond acceptors (Lipinski definition) is 3. The molecule has 1 aliphatic rings. The predicted molar refractivity (Wildman–Crippen MR) is 79.2 cm³/mol. The lowest BCUT2D eigenvalue weighted by Crippen LogP contribution is -2.44. The van der Waals surface area contributed by atoms with Gasteiger partial charge >= 0.3 is 0 Å². The van der Waals surface area contributed by atoms with E-state index in [1.165, 1.54) is 5.69 Å². The second-order valence-electron chi connectivity index (χ2n) is 4.70. The minimum atomic E-state index is 0.400. The first-order valence-electron chi connectivity index (χ1n) is 6.50. The molecule has 1 aliphatic heterocycles. The van der Waals surface area contributed by atoms with E-state index in [4.69, 9.17) is 5.53 Å². The topological polar surface area (TPSA) is 55.2 Å². The molecule has 0 saturated carbocycles. The summed E-state index contributed by atoms with van der Waals surface area (Å²) >= 11 is 0. The third kappa shape index (κ3) is 4.02. The molecule has 1 aromatic rings. The number of anilines is 1. The van der Waals surface area contributed by atoms with Crippen molar-refractivity contribution in [3.05, 3.63) is 46.3 Å². The van der Waals surface area contributed by atoms with E-state index in [1.807, 2.05) is 12.2 Å². The molecule has 1 aromatic carbocycles. The molecule has 0 atom stereocenters. The number of piperazine rings is 1. The van der Waals surface area contributed by atoms with E-state index in [0.717, 1.165) is 31.7 Å². The van der Waals surface area contributed by atoms with Crippen LogP contribution in [-0.2, 0) is 0 Å². The number of benzene rings is 1. The van der Waals surface area contributed by atoms with Gasteiger partial charge in [0, 0.05) is 43.3 Å². The third-order valence-electron chi connectivity index (χ3n) is 3.32. The summed E-state index contributed by atoms with van der Waals surface area (Å²) in [7, 11) is 2.16. The molecule has 5 nitrogen and oxygen atoms in total. The van der Waals surface area contributed by atoms with Gasteiger partial charge < -0.3 is 9.80 Å². The first-order valence-corrected chi connectivity index (χ1v) is 6.50. The van der Waals surface area contributed by atoms with E-state index < -0.39 is 0 Å². The lowest BCUT2D eigenvalue weighted by atomic mass is 10.1. The molecule has 5 heteroatoms. The Bertz CT molecular complexity index is 465. The van der Waals surface area contributed by atoms with Crippen LogP contribution in [0.15, 0.2) is 35.5 Å². The number of likely N-dealkylation sites (N-methyl/N-ethyl adjacent to an activating group) is 1. The number of nitrogens with zero attached hydrogens (tertiary/aromatic N) is 5. The highest BCUT2D eigenvalue weighted by atomic mass is 15.2. The average Bonchev–Trinajstić information content (AvgIpc) is 2.45. The second kappa shape index (κ2) is 6.83. The summed E-state index contributed by atoms with van der Waals surface area (Å²) in [5, 5.41) is 3.47. The smallest absolute Gasteiger partial charge is 0.0443 e. The molecule has 0 amide bonds. The summed E-state index contributed by atoms with van der Waals surface area (Å²) in [6, 6.07) is 8.50. The van der Waals surface area contributed by atoms with Crippen LogP contribution in [0, 0.1) is 0 Å². The highest BCUT2D eigenvalue weighted by Crippen LogP contribution is 2.17. The van der Waals surface area contributed by atoms with Crippen LogP contribution < -0.4 is 4.90 Å². The van der Waals surface area contributed by atoms with Gasteiger partial charge in [-0.05, 0) is 30.3 Å². The van der Waals surface area contributed by atoms with Crippen LogP contribution in [0.4, 0.5) is 5.69 Å². The summed E-state index contributed by atoms with van der Waals surface area (Å²) in [5.74, 6) is 0. The zero-order valence-corrected chi connectivity index (χ0v) is 11.2. The molecule has 1 fully saturated rings. The Labute approximate surface area is 113 Å². The van der Waals surface area contributed by atoms with Crippen molar-refractivity contribution < 1.29 is 0 Å². The Balaban J connectivity index is 1.94. The van der Waals surface area contributed by atoms with E-state index in [9.17, 15) is 0 Å². The maximum atomic E-state index is 8.18. The SMILES string of the molecule is CN1CCN(c2ccc(C=CCN=[N+]=[N-])cc2)CC1. The molecule has 0 aliphatic carbocycles. The van der Waals surface area contributed by atoms with Gasteiger partial charge in [0.2, 0.25) is 0 Å². The molecule has 0 bridgehead atoms. The van der Waals surface area contributed by atoms with Gasteiger partial charge in [-0.25, -0.2) is 0 Å². The fourth-order valence-electron chi connectivity index (χ4n) is 2.13. The monoisotopic (exact) mass is 257 g/mol. The predicted octanol–water partition coefficient (Wildman–Crippen LogP) is 2.76. The van der Waals surface area contributed by atoms with E-state index >= 15 is 0 Å². The van der Waals surface area contributed by atoms with Crippen molar-refractivity contribution in [2.24, 2.45) is 5.11 Å². The molecular weight excluding hydrogens is 238 g/mol. The summed E-state index contributed by atoms with van der Waals surface area (Å²) in [4.78, 5) is 7.47. The van der Waals surface area contributed by atoms with Crippen molar-refractivity contribution in [2.45, 2.75) is 0 Å². The Hall–Kier alpha value is -1.97. The van der Waals surface area contributed by atoms with Crippen LogP contribution >= 0.6 is 0 Å². The van der Waals surface area contributed by atoms with Crippen molar-refractivity contribution >= 4 is 11.8 Å². The second-order valence-corrected chi connectivity index (χ2v) is 4.70. The number of azide groups is 1. The molecule has 0 N–H and O–H groups in total. The highest BCUT2D eigenvalue weighted by Gasteiger charge is 2.13. The summed E-state index contributed by atoms with van der Waals surface area (Å²) < 4.78 is 0. The van der Waals surface area contributed by atoms with Crippen molar-refractivity contribution in [2.75, 3.05) is 44.7 Å². The lowest BCUT2D eigenvalue weighted by Gasteiger charge is -2.34. The zero-order chi connectivity index (χ0) is 13.5. The Kier molecular flexibility index (Phi) is 4.84. The highest BCUT2D eigenvalue weighted by molar-refractivity contribution is 5.56. The van der Waals surface area contributed by atoms with Gasteiger partial charge in [-0.2, -0.15) is 0 Å². The molecular formula is C14H19N5. The molecule has 1 saturated heterocycles. The minimum absolute atomic E-state index is 0.400. The van der Waals surface area contributed by atoms with Crippen LogP contribution in [0.2, 0.25) is 0 Å². The standard InChI is InChI=1S/C14H19N5/c1-18-9-11-19(12-10-18)14-6-4-13(5-7-14)3-2-8-16-17-15/h2-7H,8-12H2,1H3. The van der Waals surface area contributed by atoms with Crippen LogP contribution in [0.1, 0.15) is 5.56 Å². The summed E-state index contributed by atoms with van der Waals surface area (Å²) in [5.41, 5.74) is 10.6. The van der Waals surface area contributed by atoms with Crippen LogP contribution in [0.25, 0.3) is 16.5 Å². The molecule has 19 heavy (non-hydrogen) atoms. The van der Waals surface area contributed by atoms with Gasteiger partial charge in [0.15, 0.2) is 0 Å². The molecule has 1 heterocycles. The molecule has 0 spiro atoms. The van der Waals surface area contributed by atoms with E-state index in [1.54, 1.807) is 0 Å². The van der Waals surface area contributed by atoms with E-state index in [2.05, 4.69) is 51.1 Å². The quantitative estimate of drug-likeness (QED) is 0.473. The summed E-state index contributed by atoms with van der Waals surface area (Å²) in [6.45, 7) is 4.81. The van der Waals surface area contributed by atoms with Gasteiger partial charge in [0.25, 0.3) is 0 Å². The molecule has 2 rings (SSSR count). The average molecular weight is 257 g/mol. The third-order valence-corrected chi connectivity index (χ3v) is 3.32. The van der Waals surface area contributed by atoms with Gasteiger partial charge in [-0.1, -0.05) is 29.4 Å². The van der Waals surface area contributed by atoms with E-state index in [0.29, 0.717) is 6.54 Å². The van der Waals surface area contributed by atoms with Gasteiger partial charge in [-0.3, -0.25) is 0 Å². The summed E-state index contributed by atoms with van der Waals surface area (Å²) in [6.07, 6.45) is 3.84. The fourth-order valence-corrected chi connectivity index (χ4v) is 2.13. The van der Waals surface area contributed by atoms with Crippen LogP contribution in [-0.4, -0.2) is 44.7 Å². The van der Waals surface area contributed by atoms with Crippen LogP contribution in [0.3, 0.4) is 0 Å². The maximum Gasteiger partial charge on any atom is 0.0443 e. The molecule has 0 unspecified atom stereocenters. The first-order chi connectivity index (χ1) is 9.29. The van der Waals surface area contributed by atoms with Crippen molar-refractivity contribution in [1.82, 2.24) is 4.90 Å². The fraction of sp³-hybridized carbons (Fsp3) is 0.429. The van der Waals surface area contributed by atoms with Crippen LogP contribution in [0.5, 0.6) is 0 Å². The van der Waals surface area contributed by atoms with Gasteiger partial charge in [0.1, 0.15) is 0 Å². The Morgan fingerprint density at radius 2 is 1.89 bits per heavy atom. The van der Waals surface area contributed by atoms with Crippen molar-refractivity contribution in [1.29, 1.82) is 0 Å². The largest absolute Gasteiger partial charge is 0.369 e. The molecule has 0 radical (unpaired) electrons. The van der Waals surface area contributed by atoms with E-state index in [-0.39, 0.29) is 0 Å². The first kappa shape index (κ1) is 13.5. The number of hydrogen-bond donors (Lipinski definition) is 0. The van der Waals surface area contributed by atoms with Crippen molar-refractivity contribution in [3.63, 3.8) is 0 Å². The minimum Gasteiger partial charge on any atom is -0.369 e. The van der Waals surface area contributed by atoms with Crippen molar-refractivity contribution in [3.8, 4) is 0 Å². The normalized spacial score (nSPS) is 16.6. The van der Waals surface area contributed by atoms with Gasteiger partial charge in [0.05, 0.1) is 0 Å². The Morgan fingerprint density at radius 1 is 1.21 bits per heavy atom. The molecule has 100 valence electrons.